The predicted molar refractivity (Wildman–Crippen MR) is 41.7 cm³/mol. The van der Waals surface area contributed by atoms with Gasteiger partial charge >= 0.3 is 0 Å². The van der Waals surface area contributed by atoms with Crippen LogP contribution in [-0.2, 0) is 6.42 Å². The summed E-state index contributed by atoms with van der Waals surface area (Å²) in [4.78, 5) is 0. The maximum Gasteiger partial charge on any atom is 0.132 e. The van der Waals surface area contributed by atoms with Crippen LogP contribution in [-0.4, -0.2) is 11.7 Å². The highest BCUT2D eigenvalue weighted by Gasteiger charge is 2.10. The Kier molecular flexibility index (Phi) is 3.31. The number of hydrogen-bond acceptors (Lipinski definition) is 1. The molecule has 1 aromatic carbocycles. The molecule has 0 saturated carbocycles. The largest absolute Gasteiger partial charge is 0.396 e. The third-order valence-electron chi connectivity index (χ3n) is 1.69. The standard InChI is InChI=1S/C9H9F3O/c10-6-4-8(11)7(2-1-3-13)9(12)5-6/h4-5,13H,1-3H2. The molecule has 0 atom stereocenters. The summed E-state index contributed by atoms with van der Waals surface area (Å²) < 4.78 is 38.1. The zero-order chi connectivity index (χ0) is 9.84. The minimum atomic E-state index is -0.928. The van der Waals surface area contributed by atoms with Gasteiger partial charge in [-0.2, -0.15) is 0 Å². The van der Waals surface area contributed by atoms with Gasteiger partial charge in [-0.05, 0) is 12.8 Å². The van der Waals surface area contributed by atoms with Crippen molar-refractivity contribution in [3.63, 3.8) is 0 Å². The molecule has 0 aliphatic carbocycles. The van der Waals surface area contributed by atoms with Crippen LogP contribution >= 0.6 is 0 Å². The summed E-state index contributed by atoms with van der Waals surface area (Å²) in [5.41, 5.74) is -0.171. The first-order valence-corrected chi connectivity index (χ1v) is 3.89. The number of aliphatic hydroxyl groups excluding tert-OH is 1. The third-order valence-corrected chi connectivity index (χ3v) is 1.69. The van der Waals surface area contributed by atoms with Crippen molar-refractivity contribution in [2.75, 3.05) is 6.61 Å². The van der Waals surface area contributed by atoms with Gasteiger partial charge in [-0.1, -0.05) is 0 Å². The van der Waals surface area contributed by atoms with Gasteiger partial charge < -0.3 is 5.11 Å². The van der Waals surface area contributed by atoms with Gasteiger partial charge in [-0.25, -0.2) is 13.2 Å². The molecule has 1 aromatic rings. The molecule has 1 nitrogen and oxygen atoms in total. The normalized spacial score (nSPS) is 10.5. The van der Waals surface area contributed by atoms with E-state index in [0.29, 0.717) is 12.1 Å². The Morgan fingerprint density at radius 2 is 1.62 bits per heavy atom. The van der Waals surface area contributed by atoms with Crippen LogP contribution in [0.25, 0.3) is 0 Å². The van der Waals surface area contributed by atoms with E-state index in [1.807, 2.05) is 0 Å². The Labute approximate surface area is 73.8 Å². The van der Waals surface area contributed by atoms with E-state index >= 15 is 0 Å². The quantitative estimate of drug-likeness (QED) is 0.773. The predicted octanol–water partition coefficient (Wildman–Crippen LogP) is 2.03. The lowest BCUT2D eigenvalue weighted by atomic mass is 10.1. The minimum absolute atomic E-state index is 0.0778. The van der Waals surface area contributed by atoms with Crippen molar-refractivity contribution in [3.05, 3.63) is 35.1 Å². The van der Waals surface area contributed by atoms with Crippen LogP contribution < -0.4 is 0 Å². The molecule has 0 aromatic heterocycles. The fourth-order valence-corrected chi connectivity index (χ4v) is 1.07. The van der Waals surface area contributed by atoms with Crippen LogP contribution in [0.5, 0.6) is 0 Å². The molecule has 1 rings (SSSR count). The molecule has 0 saturated heterocycles. The summed E-state index contributed by atoms with van der Waals surface area (Å²) in [7, 11) is 0. The number of aliphatic hydroxyl groups is 1. The van der Waals surface area contributed by atoms with Crippen molar-refractivity contribution in [2.24, 2.45) is 0 Å². The zero-order valence-electron chi connectivity index (χ0n) is 6.86. The number of hydrogen-bond donors (Lipinski definition) is 1. The molecule has 4 heteroatoms. The first-order chi connectivity index (χ1) is 6.15. The highest BCUT2D eigenvalue weighted by molar-refractivity contribution is 5.20. The fourth-order valence-electron chi connectivity index (χ4n) is 1.07. The Balaban J connectivity index is 2.92. The molecule has 72 valence electrons. The Hall–Kier alpha value is -1.03. The summed E-state index contributed by atoms with van der Waals surface area (Å²) in [5, 5.41) is 8.44. The summed E-state index contributed by atoms with van der Waals surface area (Å²) in [6, 6.07) is 1.27. The number of rotatable bonds is 3. The number of benzene rings is 1. The average molecular weight is 190 g/mol. The zero-order valence-corrected chi connectivity index (χ0v) is 6.86. The molecule has 0 aliphatic heterocycles. The van der Waals surface area contributed by atoms with E-state index in [2.05, 4.69) is 0 Å². The lowest BCUT2D eigenvalue weighted by Gasteiger charge is -2.03. The van der Waals surface area contributed by atoms with Gasteiger partial charge in [0.25, 0.3) is 0 Å². The van der Waals surface area contributed by atoms with Gasteiger partial charge in [0.15, 0.2) is 0 Å². The van der Waals surface area contributed by atoms with Gasteiger partial charge in [0.2, 0.25) is 0 Å². The average Bonchev–Trinajstić information content (AvgIpc) is 2.02. The van der Waals surface area contributed by atoms with E-state index in [1.54, 1.807) is 0 Å². The maximum atomic E-state index is 12.9. The first kappa shape index (κ1) is 10.1. The van der Waals surface area contributed by atoms with E-state index < -0.39 is 17.5 Å². The van der Waals surface area contributed by atoms with Gasteiger partial charge in [-0.15, -0.1) is 0 Å². The van der Waals surface area contributed by atoms with Gasteiger partial charge in [-0.3, -0.25) is 0 Å². The molecule has 13 heavy (non-hydrogen) atoms. The second-order valence-corrected chi connectivity index (χ2v) is 2.68. The monoisotopic (exact) mass is 190 g/mol. The van der Waals surface area contributed by atoms with Crippen molar-refractivity contribution in [2.45, 2.75) is 12.8 Å². The minimum Gasteiger partial charge on any atom is -0.396 e. The summed E-state index contributed by atoms with van der Waals surface area (Å²) in [6.07, 6.45) is 0.341. The SMILES string of the molecule is OCCCc1c(F)cc(F)cc1F. The van der Waals surface area contributed by atoms with Crippen molar-refractivity contribution in [1.82, 2.24) is 0 Å². The Bertz CT molecular complexity index is 276. The van der Waals surface area contributed by atoms with Crippen LogP contribution in [0.4, 0.5) is 13.2 Å². The lowest BCUT2D eigenvalue weighted by Crippen LogP contribution is -1.99. The van der Waals surface area contributed by atoms with E-state index in [1.165, 1.54) is 0 Å². The van der Waals surface area contributed by atoms with Crippen molar-refractivity contribution >= 4 is 0 Å². The number of halogens is 3. The van der Waals surface area contributed by atoms with Gasteiger partial charge in [0.1, 0.15) is 17.5 Å². The highest BCUT2D eigenvalue weighted by Crippen LogP contribution is 2.15. The second kappa shape index (κ2) is 4.28. The molecule has 0 aliphatic rings. The first-order valence-electron chi connectivity index (χ1n) is 3.89. The van der Waals surface area contributed by atoms with E-state index in [0.717, 1.165) is 0 Å². The second-order valence-electron chi connectivity index (χ2n) is 2.68. The van der Waals surface area contributed by atoms with E-state index in [9.17, 15) is 13.2 Å². The van der Waals surface area contributed by atoms with Crippen LogP contribution in [0, 0.1) is 17.5 Å². The molecular weight excluding hydrogens is 181 g/mol. The van der Waals surface area contributed by atoms with E-state index in [4.69, 9.17) is 5.11 Å². The molecule has 1 N–H and O–H groups in total. The molecule has 0 bridgehead atoms. The molecule has 0 spiro atoms. The summed E-state index contributed by atoms with van der Waals surface area (Å²) in [6.45, 7) is -0.143. The Morgan fingerprint density at radius 1 is 1.08 bits per heavy atom. The van der Waals surface area contributed by atoms with Gasteiger partial charge in [0, 0.05) is 24.3 Å². The third kappa shape index (κ3) is 2.45. The van der Waals surface area contributed by atoms with E-state index in [-0.39, 0.29) is 25.0 Å². The molecule has 0 radical (unpaired) electrons. The van der Waals surface area contributed by atoms with Crippen LogP contribution in [0.15, 0.2) is 12.1 Å². The lowest BCUT2D eigenvalue weighted by molar-refractivity contribution is 0.287. The molecule has 0 heterocycles. The highest BCUT2D eigenvalue weighted by atomic mass is 19.1. The fraction of sp³-hybridized carbons (Fsp3) is 0.333. The van der Waals surface area contributed by atoms with Crippen LogP contribution in [0.2, 0.25) is 0 Å². The molecular formula is C9H9F3O. The molecule has 0 fully saturated rings. The van der Waals surface area contributed by atoms with Crippen molar-refractivity contribution in [3.8, 4) is 0 Å². The topological polar surface area (TPSA) is 20.2 Å². The van der Waals surface area contributed by atoms with Crippen molar-refractivity contribution in [1.29, 1.82) is 0 Å². The van der Waals surface area contributed by atoms with Gasteiger partial charge in [0.05, 0.1) is 0 Å². The summed E-state index contributed by atoms with van der Waals surface area (Å²) >= 11 is 0. The Morgan fingerprint density at radius 3 is 2.08 bits per heavy atom. The smallest absolute Gasteiger partial charge is 0.132 e. The summed E-state index contributed by atoms with van der Waals surface area (Å²) in [5.74, 6) is -2.72. The van der Waals surface area contributed by atoms with Crippen LogP contribution in [0.3, 0.4) is 0 Å². The van der Waals surface area contributed by atoms with Crippen molar-refractivity contribution < 1.29 is 18.3 Å². The van der Waals surface area contributed by atoms with Crippen LogP contribution in [0.1, 0.15) is 12.0 Å². The molecule has 0 amide bonds. The maximum absolute atomic E-state index is 12.9. The molecule has 0 unspecified atom stereocenters.